The molecule has 1 aliphatic heterocycles. The molecule has 2 heteroatoms. The van der Waals surface area contributed by atoms with Gasteiger partial charge in [0.2, 0.25) is 0 Å². The standard InChI is InChI=1S/C21H31NO/c23-21(9-5-6-17-12-14-22-15-13-17)20-11-10-18-7-3-1-2-4-8-19(18)16-20/h10-11,16-17,22H,1-9,12-15H2. The van der Waals surface area contributed by atoms with Gasteiger partial charge in [0.15, 0.2) is 5.78 Å². The van der Waals surface area contributed by atoms with E-state index in [0.29, 0.717) is 5.78 Å². The SMILES string of the molecule is O=C(CCCC1CCNCC1)c1ccc2c(c1)CCCCCC2. The highest BCUT2D eigenvalue weighted by molar-refractivity contribution is 5.96. The molecular weight excluding hydrogens is 282 g/mol. The smallest absolute Gasteiger partial charge is 0.162 e. The third kappa shape index (κ3) is 4.91. The summed E-state index contributed by atoms with van der Waals surface area (Å²) in [4.78, 5) is 12.5. The van der Waals surface area contributed by atoms with Gasteiger partial charge in [0.1, 0.15) is 0 Å². The number of nitrogens with one attached hydrogen (secondary N) is 1. The van der Waals surface area contributed by atoms with Crippen LogP contribution in [0.2, 0.25) is 0 Å². The van der Waals surface area contributed by atoms with Crippen molar-refractivity contribution in [3.63, 3.8) is 0 Å². The Morgan fingerprint density at radius 3 is 2.52 bits per heavy atom. The van der Waals surface area contributed by atoms with Crippen LogP contribution in [0.25, 0.3) is 0 Å². The molecule has 1 aromatic carbocycles. The fourth-order valence-electron chi connectivity index (χ4n) is 4.13. The van der Waals surface area contributed by atoms with Gasteiger partial charge in [-0.25, -0.2) is 0 Å². The molecule has 0 amide bonds. The Kier molecular flexibility index (Phi) is 6.27. The van der Waals surface area contributed by atoms with E-state index in [1.165, 1.54) is 62.5 Å². The maximum Gasteiger partial charge on any atom is 0.162 e. The normalized spacial score (nSPS) is 19.7. The summed E-state index contributed by atoms with van der Waals surface area (Å²) in [6.07, 6.45) is 13.2. The molecule has 0 atom stereocenters. The average molecular weight is 313 g/mol. The summed E-state index contributed by atoms with van der Waals surface area (Å²) in [5, 5.41) is 3.41. The minimum atomic E-state index is 0.351. The van der Waals surface area contributed by atoms with E-state index in [1.807, 2.05) is 0 Å². The molecule has 0 bridgehead atoms. The summed E-state index contributed by atoms with van der Waals surface area (Å²) in [5.74, 6) is 1.18. The van der Waals surface area contributed by atoms with Crippen LogP contribution in [0, 0.1) is 5.92 Å². The van der Waals surface area contributed by atoms with Gasteiger partial charge in [-0.1, -0.05) is 25.0 Å². The van der Waals surface area contributed by atoms with Crippen molar-refractivity contribution in [1.29, 1.82) is 0 Å². The van der Waals surface area contributed by atoms with Crippen molar-refractivity contribution in [2.75, 3.05) is 13.1 Å². The molecule has 0 radical (unpaired) electrons. The molecule has 0 saturated carbocycles. The topological polar surface area (TPSA) is 29.1 Å². The van der Waals surface area contributed by atoms with Crippen LogP contribution in [-0.4, -0.2) is 18.9 Å². The molecule has 1 aliphatic carbocycles. The van der Waals surface area contributed by atoms with E-state index >= 15 is 0 Å². The van der Waals surface area contributed by atoms with Crippen LogP contribution in [0.3, 0.4) is 0 Å². The van der Waals surface area contributed by atoms with Gasteiger partial charge in [0, 0.05) is 12.0 Å². The van der Waals surface area contributed by atoms with Crippen molar-refractivity contribution in [2.45, 2.75) is 70.6 Å². The maximum atomic E-state index is 12.5. The molecule has 0 spiro atoms. The van der Waals surface area contributed by atoms with Gasteiger partial charge in [-0.2, -0.15) is 0 Å². The van der Waals surface area contributed by atoms with Crippen molar-refractivity contribution in [3.05, 3.63) is 34.9 Å². The highest BCUT2D eigenvalue weighted by atomic mass is 16.1. The van der Waals surface area contributed by atoms with Gasteiger partial charge in [-0.05, 0) is 87.6 Å². The number of rotatable bonds is 5. The summed E-state index contributed by atoms with van der Waals surface area (Å²) in [5.41, 5.74) is 3.87. The number of aryl methyl sites for hydroxylation is 2. The molecule has 1 fully saturated rings. The Bertz CT molecular complexity index is 517. The second-order valence-corrected chi connectivity index (χ2v) is 7.41. The molecule has 1 N–H and O–H groups in total. The van der Waals surface area contributed by atoms with Crippen LogP contribution < -0.4 is 5.32 Å². The van der Waals surface area contributed by atoms with E-state index < -0.39 is 0 Å². The highest BCUT2D eigenvalue weighted by Crippen LogP contribution is 2.23. The van der Waals surface area contributed by atoms with E-state index in [0.717, 1.165) is 43.8 Å². The number of Topliss-reactive ketones (excluding diaryl/α,β-unsaturated/α-hetero) is 1. The number of carbonyl (C=O) groups excluding carboxylic acids is 1. The first-order chi connectivity index (χ1) is 11.3. The zero-order valence-electron chi connectivity index (χ0n) is 14.4. The molecule has 126 valence electrons. The lowest BCUT2D eigenvalue weighted by atomic mass is 9.89. The van der Waals surface area contributed by atoms with Crippen molar-refractivity contribution < 1.29 is 4.79 Å². The monoisotopic (exact) mass is 313 g/mol. The van der Waals surface area contributed by atoms with Crippen LogP contribution in [0.1, 0.15) is 79.3 Å². The summed E-state index contributed by atoms with van der Waals surface area (Å²) >= 11 is 0. The molecular formula is C21H31NO. The molecule has 1 saturated heterocycles. The van der Waals surface area contributed by atoms with Gasteiger partial charge in [0.05, 0.1) is 0 Å². The molecule has 23 heavy (non-hydrogen) atoms. The molecule has 0 aromatic heterocycles. The Balaban J connectivity index is 1.53. The average Bonchev–Trinajstić information content (AvgIpc) is 2.56. The zero-order valence-corrected chi connectivity index (χ0v) is 14.4. The Labute approximate surface area is 141 Å². The third-order valence-electron chi connectivity index (χ3n) is 5.65. The summed E-state index contributed by atoms with van der Waals surface area (Å²) < 4.78 is 0. The van der Waals surface area contributed by atoms with E-state index in [9.17, 15) is 4.79 Å². The largest absolute Gasteiger partial charge is 0.317 e. The van der Waals surface area contributed by atoms with E-state index in [4.69, 9.17) is 0 Å². The van der Waals surface area contributed by atoms with Gasteiger partial charge in [-0.3, -0.25) is 4.79 Å². The first kappa shape index (κ1) is 16.7. The predicted molar refractivity (Wildman–Crippen MR) is 96.1 cm³/mol. The van der Waals surface area contributed by atoms with E-state index in [-0.39, 0.29) is 0 Å². The Hall–Kier alpha value is -1.15. The molecule has 2 aliphatic rings. The molecule has 3 rings (SSSR count). The predicted octanol–water partition coefficient (Wildman–Crippen LogP) is 4.70. The minimum Gasteiger partial charge on any atom is -0.317 e. The van der Waals surface area contributed by atoms with Gasteiger partial charge < -0.3 is 5.32 Å². The van der Waals surface area contributed by atoms with Gasteiger partial charge in [-0.15, -0.1) is 0 Å². The number of hydrogen-bond donors (Lipinski definition) is 1. The van der Waals surface area contributed by atoms with E-state index in [1.54, 1.807) is 0 Å². The number of fused-ring (bicyclic) bond motifs is 1. The first-order valence-corrected chi connectivity index (χ1v) is 9.68. The number of benzene rings is 1. The summed E-state index contributed by atoms with van der Waals surface area (Å²) in [6.45, 7) is 2.31. The maximum absolute atomic E-state index is 12.5. The molecule has 1 aromatic rings. The lowest BCUT2D eigenvalue weighted by Crippen LogP contribution is -2.27. The Morgan fingerprint density at radius 2 is 1.74 bits per heavy atom. The zero-order chi connectivity index (χ0) is 15.9. The van der Waals surface area contributed by atoms with Crippen molar-refractivity contribution in [1.82, 2.24) is 5.32 Å². The number of carbonyl (C=O) groups is 1. The number of ketones is 1. The number of piperidine rings is 1. The van der Waals surface area contributed by atoms with Crippen LogP contribution >= 0.6 is 0 Å². The van der Waals surface area contributed by atoms with Crippen LogP contribution in [-0.2, 0) is 12.8 Å². The molecule has 2 nitrogen and oxygen atoms in total. The first-order valence-electron chi connectivity index (χ1n) is 9.68. The van der Waals surface area contributed by atoms with Gasteiger partial charge >= 0.3 is 0 Å². The lowest BCUT2D eigenvalue weighted by Gasteiger charge is -2.22. The van der Waals surface area contributed by atoms with Crippen LogP contribution in [0.5, 0.6) is 0 Å². The fourth-order valence-corrected chi connectivity index (χ4v) is 4.13. The molecule has 0 unspecified atom stereocenters. The fraction of sp³-hybridized carbons (Fsp3) is 0.667. The van der Waals surface area contributed by atoms with Crippen molar-refractivity contribution in [2.24, 2.45) is 5.92 Å². The summed E-state index contributed by atoms with van der Waals surface area (Å²) in [7, 11) is 0. The highest BCUT2D eigenvalue weighted by Gasteiger charge is 2.15. The lowest BCUT2D eigenvalue weighted by molar-refractivity contribution is 0.0977. The van der Waals surface area contributed by atoms with E-state index in [2.05, 4.69) is 23.5 Å². The van der Waals surface area contributed by atoms with Crippen molar-refractivity contribution in [3.8, 4) is 0 Å². The quantitative estimate of drug-likeness (QED) is 0.798. The number of hydrogen-bond acceptors (Lipinski definition) is 2. The van der Waals surface area contributed by atoms with Crippen LogP contribution in [0.15, 0.2) is 18.2 Å². The van der Waals surface area contributed by atoms with Crippen molar-refractivity contribution >= 4 is 5.78 Å². The molecule has 1 heterocycles. The van der Waals surface area contributed by atoms with Gasteiger partial charge in [0.25, 0.3) is 0 Å². The second-order valence-electron chi connectivity index (χ2n) is 7.41. The summed E-state index contributed by atoms with van der Waals surface area (Å²) in [6, 6.07) is 6.50. The second kappa shape index (κ2) is 8.63. The Morgan fingerprint density at radius 1 is 1.00 bits per heavy atom. The minimum absolute atomic E-state index is 0.351. The third-order valence-corrected chi connectivity index (χ3v) is 5.65. The van der Waals surface area contributed by atoms with Crippen LogP contribution in [0.4, 0.5) is 0 Å².